The molecule has 1 aliphatic carbocycles. The summed E-state index contributed by atoms with van der Waals surface area (Å²) in [6, 6.07) is 17.0. The zero-order valence-electron chi connectivity index (χ0n) is 23.1. The average molecular weight is 499 g/mol. The molecule has 0 aliphatic heterocycles. The Bertz CT molecular complexity index is 1020. The van der Waals surface area contributed by atoms with Crippen molar-refractivity contribution in [3.63, 3.8) is 0 Å². The molecule has 198 valence electrons. The average Bonchev–Trinajstić information content (AvgIpc) is 2.96. The lowest BCUT2D eigenvalue weighted by atomic mass is 9.78. The van der Waals surface area contributed by atoms with Crippen LogP contribution in [0, 0.1) is 11.8 Å². The number of hydrogen-bond acceptors (Lipinski definition) is 3. The van der Waals surface area contributed by atoms with Crippen molar-refractivity contribution in [1.29, 1.82) is 0 Å². The number of benzene rings is 2. The first kappa shape index (κ1) is 27.4. The van der Waals surface area contributed by atoms with Crippen LogP contribution in [-0.4, -0.2) is 16.6 Å². The van der Waals surface area contributed by atoms with E-state index < -0.39 is 0 Å². The number of ether oxygens (including phenoxy) is 1. The van der Waals surface area contributed by atoms with Crippen LogP contribution in [0.3, 0.4) is 0 Å². The summed E-state index contributed by atoms with van der Waals surface area (Å²) in [6.45, 7) is 5.33. The molecule has 0 spiro atoms. The summed E-state index contributed by atoms with van der Waals surface area (Å²) in [7, 11) is 0. The Labute approximate surface area is 225 Å². The van der Waals surface area contributed by atoms with Crippen LogP contribution in [0.5, 0.6) is 5.75 Å². The van der Waals surface area contributed by atoms with Gasteiger partial charge in [0.1, 0.15) is 5.75 Å². The predicted molar refractivity (Wildman–Crippen MR) is 156 cm³/mol. The van der Waals surface area contributed by atoms with E-state index in [2.05, 4.69) is 72.3 Å². The number of nitrogens with zero attached hydrogens (tertiary/aromatic N) is 2. The number of hydrogen-bond donors (Lipinski definition) is 0. The molecule has 0 N–H and O–H groups in total. The lowest BCUT2D eigenvalue weighted by Crippen LogP contribution is -2.15. The van der Waals surface area contributed by atoms with Gasteiger partial charge < -0.3 is 4.74 Å². The van der Waals surface area contributed by atoms with E-state index in [0.29, 0.717) is 0 Å². The quantitative estimate of drug-likeness (QED) is 0.207. The van der Waals surface area contributed by atoms with E-state index in [1.54, 1.807) is 0 Å². The second-order valence-corrected chi connectivity index (χ2v) is 11.0. The zero-order chi connectivity index (χ0) is 25.7. The molecule has 3 heteroatoms. The third-order valence-corrected chi connectivity index (χ3v) is 8.06. The molecule has 0 amide bonds. The molecule has 0 bridgehead atoms. The van der Waals surface area contributed by atoms with Crippen LogP contribution in [0.1, 0.15) is 96.5 Å². The van der Waals surface area contributed by atoms with Gasteiger partial charge in [0.25, 0.3) is 0 Å². The molecule has 1 saturated carbocycles. The normalized spacial score (nSPS) is 17.6. The highest BCUT2D eigenvalue weighted by Crippen LogP contribution is 2.34. The van der Waals surface area contributed by atoms with Crippen LogP contribution in [-0.2, 0) is 6.42 Å². The van der Waals surface area contributed by atoms with Gasteiger partial charge in [0.15, 0.2) is 5.82 Å². The molecule has 2 aromatic carbocycles. The van der Waals surface area contributed by atoms with Gasteiger partial charge in [0, 0.05) is 18.0 Å². The molecule has 37 heavy (non-hydrogen) atoms. The minimum atomic E-state index is 0.788. The summed E-state index contributed by atoms with van der Waals surface area (Å²) in [5.74, 6) is 3.68. The molecule has 1 fully saturated rings. The van der Waals surface area contributed by atoms with Crippen molar-refractivity contribution >= 4 is 0 Å². The van der Waals surface area contributed by atoms with Crippen molar-refractivity contribution in [2.75, 3.05) is 6.61 Å². The molecule has 1 aromatic heterocycles. The van der Waals surface area contributed by atoms with Crippen molar-refractivity contribution in [3.05, 3.63) is 66.5 Å². The second kappa shape index (κ2) is 14.9. The van der Waals surface area contributed by atoms with E-state index in [1.807, 2.05) is 12.4 Å². The van der Waals surface area contributed by atoms with Gasteiger partial charge in [-0.2, -0.15) is 0 Å². The molecule has 1 aliphatic rings. The highest BCUT2D eigenvalue weighted by Gasteiger charge is 2.20. The van der Waals surface area contributed by atoms with Crippen molar-refractivity contribution in [2.45, 2.75) is 97.3 Å². The summed E-state index contributed by atoms with van der Waals surface area (Å²) in [6.07, 6.45) is 21.3. The van der Waals surface area contributed by atoms with Crippen LogP contribution in [0.25, 0.3) is 22.5 Å². The summed E-state index contributed by atoms with van der Waals surface area (Å²) in [5, 5.41) is 0. The highest BCUT2D eigenvalue weighted by molar-refractivity contribution is 5.68. The molecular formula is C34H46N2O. The Kier molecular flexibility index (Phi) is 11.0. The maximum Gasteiger partial charge on any atom is 0.159 e. The van der Waals surface area contributed by atoms with Crippen LogP contribution < -0.4 is 4.74 Å². The zero-order valence-corrected chi connectivity index (χ0v) is 23.1. The Morgan fingerprint density at radius 2 is 1.19 bits per heavy atom. The summed E-state index contributed by atoms with van der Waals surface area (Å²) in [4.78, 5) is 9.14. The largest absolute Gasteiger partial charge is 0.494 e. The van der Waals surface area contributed by atoms with Crippen LogP contribution in [0.4, 0.5) is 0 Å². The number of aryl methyl sites for hydroxylation is 1. The monoisotopic (exact) mass is 498 g/mol. The fraction of sp³-hybridized carbons (Fsp3) is 0.529. The van der Waals surface area contributed by atoms with E-state index in [0.717, 1.165) is 48.4 Å². The summed E-state index contributed by atoms with van der Waals surface area (Å²) < 4.78 is 6.07. The first-order valence-corrected chi connectivity index (χ1v) is 14.9. The standard InChI is InChI=1S/C34H46N2O/c1-3-5-7-10-27-12-14-28(15-13-27)11-8-24-37-33-22-20-31(21-23-33)30-16-18-32(19-17-30)34-35-25-29(26-36-34)9-6-4-2/h16-23,25-28H,3-15,24H2,1-2H3/t27-,28-. The molecular weight excluding hydrogens is 452 g/mol. The van der Waals surface area contributed by atoms with E-state index in [9.17, 15) is 0 Å². The lowest BCUT2D eigenvalue weighted by Gasteiger charge is -2.28. The van der Waals surface area contributed by atoms with Gasteiger partial charge in [-0.1, -0.05) is 108 Å². The fourth-order valence-corrected chi connectivity index (χ4v) is 5.62. The van der Waals surface area contributed by atoms with E-state index >= 15 is 0 Å². The van der Waals surface area contributed by atoms with Gasteiger partial charge in [-0.15, -0.1) is 0 Å². The molecule has 3 nitrogen and oxygen atoms in total. The van der Waals surface area contributed by atoms with Crippen molar-refractivity contribution < 1.29 is 4.74 Å². The first-order chi connectivity index (χ1) is 18.2. The van der Waals surface area contributed by atoms with Crippen molar-refractivity contribution in [1.82, 2.24) is 9.97 Å². The smallest absolute Gasteiger partial charge is 0.159 e. The van der Waals surface area contributed by atoms with E-state index in [-0.39, 0.29) is 0 Å². The van der Waals surface area contributed by atoms with Crippen LogP contribution in [0.2, 0.25) is 0 Å². The Hall–Kier alpha value is -2.68. The minimum absolute atomic E-state index is 0.788. The second-order valence-electron chi connectivity index (χ2n) is 11.0. The predicted octanol–water partition coefficient (Wildman–Crippen LogP) is 9.70. The van der Waals surface area contributed by atoms with Gasteiger partial charge in [-0.25, -0.2) is 9.97 Å². The Morgan fingerprint density at radius 1 is 0.649 bits per heavy atom. The van der Waals surface area contributed by atoms with Crippen LogP contribution in [0.15, 0.2) is 60.9 Å². The van der Waals surface area contributed by atoms with Gasteiger partial charge in [0.05, 0.1) is 6.61 Å². The molecule has 3 aromatic rings. The molecule has 0 atom stereocenters. The van der Waals surface area contributed by atoms with Gasteiger partial charge >= 0.3 is 0 Å². The number of unbranched alkanes of at least 4 members (excludes halogenated alkanes) is 3. The molecule has 0 radical (unpaired) electrons. The van der Waals surface area contributed by atoms with Crippen molar-refractivity contribution in [2.24, 2.45) is 11.8 Å². The number of rotatable bonds is 14. The summed E-state index contributed by atoms with van der Waals surface area (Å²) >= 11 is 0. The topological polar surface area (TPSA) is 35.0 Å². The van der Waals surface area contributed by atoms with Crippen LogP contribution >= 0.6 is 0 Å². The van der Waals surface area contributed by atoms with E-state index in [1.165, 1.54) is 87.3 Å². The molecule has 0 saturated heterocycles. The first-order valence-electron chi connectivity index (χ1n) is 14.9. The minimum Gasteiger partial charge on any atom is -0.494 e. The lowest BCUT2D eigenvalue weighted by molar-refractivity contribution is 0.228. The van der Waals surface area contributed by atoms with Crippen molar-refractivity contribution in [3.8, 4) is 28.3 Å². The Balaban J connectivity index is 1.18. The van der Waals surface area contributed by atoms with Gasteiger partial charge in [0.2, 0.25) is 0 Å². The van der Waals surface area contributed by atoms with Gasteiger partial charge in [-0.05, 0) is 66.3 Å². The maximum atomic E-state index is 6.07. The van der Waals surface area contributed by atoms with Gasteiger partial charge in [-0.3, -0.25) is 0 Å². The number of aromatic nitrogens is 2. The SMILES string of the molecule is CCCCC[C@H]1CC[C@H](CCCOc2ccc(-c3ccc(-c4ncc(CCCC)cn4)cc3)cc2)CC1. The third kappa shape index (κ3) is 8.69. The van der Waals surface area contributed by atoms with E-state index in [4.69, 9.17) is 4.74 Å². The highest BCUT2D eigenvalue weighted by atomic mass is 16.5. The molecule has 0 unspecified atom stereocenters. The third-order valence-electron chi connectivity index (χ3n) is 8.06. The molecule has 1 heterocycles. The fourth-order valence-electron chi connectivity index (χ4n) is 5.62. The molecule has 4 rings (SSSR count). The Morgan fingerprint density at radius 3 is 1.78 bits per heavy atom. The summed E-state index contributed by atoms with van der Waals surface area (Å²) in [5.41, 5.74) is 4.66. The maximum absolute atomic E-state index is 6.07.